The highest BCUT2D eigenvalue weighted by molar-refractivity contribution is 4.80. The van der Waals surface area contributed by atoms with Gasteiger partial charge < -0.3 is 15.1 Å². The first-order chi connectivity index (χ1) is 8.97. The van der Waals surface area contributed by atoms with Crippen LogP contribution in [0.5, 0.6) is 0 Å². The number of hydrogen-bond acceptors (Lipinski definition) is 3. The van der Waals surface area contributed by atoms with Gasteiger partial charge in [-0.3, -0.25) is 0 Å². The van der Waals surface area contributed by atoms with Crippen LogP contribution in [0, 0.1) is 5.41 Å². The van der Waals surface area contributed by atoms with Crippen LogP contribution in [0.3, 0.4) is 0 Å². The summed E-state index contributed by atoms with van der Waals surface area (Å²) in [7, 11) is 4.32. The fraction of sp³-hybridized carbons (Fsp3) is 1.00. The summed E-state index contributed by atoms with van der Waals surface area (Å²) < 4.78 is 0. The molecular weight excluding hydrogens is 234 g/mol. The lowest BCUT2D eigenvalue weighted by Crippen LogP contribution is -2.44. The molecule has 0 amide bonds. The van der Waals surface area contributed by atoms with Crippen molar-refractivity contribution in [3.8, 4) is 0 Å². The van der Waals surface area contributed by atoms with E-state index in [0.717, 1.165) is 19.6 Å². The van der Waals surface area contributed by atoms with Crippen LogP contribution in [-0.4, -0.2) is 63.2 Å². The lowest BCUT2D eigenvalue weighted by atomic mass is 9.86. The quantitative estimate of drug-likeness (QED) is 0.551. The molecule has 0 aromatic heterocycles. The van der Waals surface area contributed by atoms with Gasteiger partial charge in [0.05, 0.1) is 0 Å². The van der Waals surface area contributed by atoms with E-state index in [2.05, 4.69) is 56.9 Å². The second-order valence-corrected chi connectivity index (χ2v) is 6.42. The van der Waals surface area contributed by atoms with Crippen LogP contribution in [0.4, 0.5) is 0 Å². The maximum absolute atomic E-state index is 3.60. The van der Waals surface area contributed by atoms with E-state index < -0.39 is 0 Å². The summed E-state index contributed by atoms with van der Waals surface area (Å²) in [6.45, 7) is 16.3. The first-order valence-corrected chi connectivity index (χ1v) is 8.05. The van der Waals surface area contributed by atoms with E-state index in [4.69, 9.17) is 0 Å². The third kappa shape index (κ3) is 9.42. The molecule has 0 saturated heterocycles. The smallest absolute Gasteiger partial charge is 0.0109 e. The van der Waals surface area contributed by atoms with Crippen molar-refractivity contribution in [3.05, 3.63) is 0 Å². The molecule has 3 nitrogen and oxygen atoms in total. The Balaban J connectivity index is 4.31. The van der Waals surface area contributed by atoms with Crippen molar-refractivity contribution in [2.45, 2.75) is 47.0 Å². The molecule has 0 aromatic carbocycles. The van der Waals surface area contributed by atoms with Crippen molar-refractivity contribution in [2.75, 3.05) is 53.4 Å². The van der Waals surface area contributed by atoms with Crippen LogP contribution in [0.15, 0.2) is 0 Å². The molecule has 0 heterocycles. The first kappa shape index (κ1) is 18.9. The molecule has 1 unspecified atom stereocenters. The zero-order chi connectivity index (χ0) is 14.7. The topological polar surface area (TPSA) is 18.5 Å². The summed E-state index contributed by atoms with van der Waals surface area (Å²) in [4.78, 5) is 4.92. The summed E-state index contributed by atoms with van der Waals surface area (Å²) >= 11 is 0. The minimum atomic E-state index is 0.399. The Labute approximate surface area is 121 Å². The second-order valence-electron chi connectivity index (χ2n) is 6.42. The van der Waals surface area contributed by atoms with Gasteiger partial charge in [0.2, 0.25) is 0 Å². The molecule has 0 aliphatic heterocycles. The Hall–Kier alpha value is -0.120. The fourth-order valence-electron chi connectivity index (χ4n) is 2.33. The Morgan fingerprint density at radius 3 is 2.11 bits per heavy atom. The van der Waals surface area contributed by atoms with E-state index in [1.54, 1.807) is 0 Å². The molecular formula is C16H37N3. The van der Waals surface area contributed by atoms with Crippen molar-refractivity contribution >= 4 is 0 Å². The van der Waals surface area contributed by atoms with Gasteiger partial charge in [-0.1, -0.05) is 27.7 Å². The summed E-state index contributed by atoms with van der Waals surface area (Å²) in [5.74, 6) is 0. The SMILES string of the molecule is CCCNCC(C)(CC)CN(CCC)CCN(C)C. The van der Waals surface area contributed by atoms with Gasteiger partial charge in [0.25, 0.3) is 0 Å². The number of hydrogen-bond donors (Lipinski definition) is 1. The van der Waals surface area contributed by atoms with Gasteiger partial charge in [-0.25, -0.2) is 0 Å². The molecule has 1 N–H and O–H groups in total. The summed E-state index contributed by atoms with van der Waals surface area (Å²) in [6, 6.07) is 0. The number of likely N-dealkylation sites (N-methyl/N-ethyl adjacent to an activating group) is 1. The molecule has 3 heteroatoms. The zero-order valence-electron chi connectivity index (χ0n) is 14.3. The maximum Gasteiger partial charge on any atom is 0.0109 e. The number of nitrogens with zero attached hydrogens (tertiary/aromatic N) is 2. The largest absolute Gasteiger partial charge is 0.316 e. The second kappa shape index (κ2) is 10.6. The molecule has 0 radical (unpaired) electrons. The number of rotatable bonds is 12. The van der Waals surface area contributed by atoms with Crippen molar-refractivity contribution in [2.24, 2.45) is 5.41 Å². The highest BCUT2D eigenvalue weighted by Gasteiger charge is 2.24. The summed E-state index contributed by atoms with van der Waals surface area (Å²) in [5, 5.41) is 3.60. The molecule has 116 valence electrons. The van der Waals surface area contributed by atoms with Gasteiger partial charge in [0, 0.05) is 26.2 Å². The predicted molar refractivity (Wildman–Crippen MR) is 86.8 cm³/mol. The van der Waals surface area contributed by atoms with Crippen molar-refractivity contribution in [1.82, 2.24) is 15.1 Å². The average molecular weight is 271 g/mol. The van der Waals surface area contributed by atoms with Crippen LogP contribution in [0.2, 0.25) is 0 Å². The molecule has 0 fully saturated rings. The van der Waals surface area contributed by atoms with Gasteiger partial charge in [-0.15, -0.1) is 0 Å². The summed E-state index contributed by atoms with van der Waals surface area (Å²) in [6.07, 6.45) is 3.71. The molecule has 0 spiro atoms. The van der Waals surface area contributed by atoms with Gasteiger partial charge in [0.1, 0.15) is 0 Å². The van der Waals surface area contributed by atoms with E-state index in [0.29, 0.717) is 5.41 Å². The Morgan fingerprint density at radius 1 is 0.947 bits per heavy atom. The minimum Gasteiger partial charge on any atom is -0.316 e. The fourth-order valence-corrected chi connectivity index (χ4v) is 2.33. The normalized spacial score (nSPS) is 15.2. The van der Waals surface area contributed by atoms with E-state index in [-0.39, 0.29) is 0 Å². The Morgan fingerprint density at radius 2 is 1.63 bits per heavy atom. The lowest BCUT2D eigenvalue weighted by molar-refractivity contribution is 0.145. The number of nitrogens with one attached hydrogen (secondary N) is 1. The van der Waals surface area contributed by atoms with E-state index in [9.17, 15) is 0 Å². The third-order valence-electron chi connectivity index (χ3n) is 3.84. The molecule has 0 bridgehead atoms. The molecule has 0 saturated carbocycles. The lowest BCUT2D eigenvalue weighted by Gasteiger charge is -2.35. The van der Waals surface area contributed by atoms with Gasteiger partial charge in [0.15, 0.2) is 0 Å². The van der Waals surface area contributed by atoms with Crippen molar-refractivity contribution in [3.63, 3.8) is 0 Å². The van der Waals surface area contributed by atoms with Crippen molar-refractivity contribution in [1.29, 1.82) is 0 Å². The minimum absolute atomic E-state index is 0.399. The Bertz CT molecular complexity index is 206. The highest BCUT2D eigenvalue weighted by Crippen LogP contribution is 2.21. The van der Waals surface area contributed by atoms with Crippen LogP contribution in [-0.2, 0) is 0 Å². The Kier molecular flexibility index (Phi) is 10.6. The molecule has 0 aromatic rings. The van der Waals surface area contributed by atoms with E-state index in [1.807, 2.05) is 0 Å². The molecule has 19 heavy (non-hydrogen) atoms. The van der Waals surface area contributed by atoms with Gasteiger partial charge >= 0.3 is 0 Å². The van der Waals surface area contributed by atoms with Crippen LogP contribution >= 0.6 is 0 Å². The first-order valence-electron chi connectivity index (χ1n) is 8.05. The van der Waals surface area contributed by atoms with Crippen LogP contribution in [0.1, 0.15) is 47.0 Å². The van der Waals surface area contributed by atoms with Gasteiger partial charge in [-0.2, -0.15) is 0 Å². The van der Waals surface area contributed by atoms with Gasteiger partial charge in [-0.05, 0) is 51.9 Å². The molecule has 0 aliphatic rings. The van der Waals surface area contributed by atoms with Crippen LogP contribution < -0.4 is 5.32 Å². The summed E-state index contributed by atoms with van der Waals surface area (Å²) in [5.41, 5.74) is 0.399. The average Bonchev–Trinajstić information content (AvgIpc) is 2.36. The predicted octanol–water partition coefficient (Wildman–Crippen LogP) is 2.68. The maximum atomic E-state index is 3.60. The van der Waals surface area contributed by atoms with E-state index >= 15 is 0 Å². The molecule has 0 rings (SSSR count). The third-order valence-corrected chi connectivity index (χ3v) is 3.84. The van der Waals surface area contributed by atoms with Crippen molar-refractivity contribution < 1.29 is 0 Å². The molecule has 0 aliphatic carbocycles. The standard InChI is InChI=1S/C16H37N3/c1-7-10-17-14-16(4,9-3)15-19(11-8-2)13-12-18(5)6/h17H,7-15H2,1-6H3. The molecule has 1 atom stereocenters. The zero-order valence-corrected chi connectivity index (χ0v) is 14.3. The highest BCUT2D eigenvalue weighted by atomic mass is 15.2. The van der Waals surface area contributed by atoms with E-state index in [1.165, 1.54) is 38.9 Å². The monoisotopic (exact) mass is 271 g/mol. The van der Waals surface area contributed by atoms with Crippen LogP contribution in [0.25, 0.3) is 0 Å².